The maximum absolute atomic E-state index is 5.90. The standard InChI is InChI=1S/C14H20ClNO/c1-2-16(9-8-15)11-14-13-6-4-3-5-12(13)7-10-17-14/h3-6,14H,2,7-11H2,1H3. The van der Waals surface area contributed by atoms with Crippen LogP contribution in [0.25, 0.3) is 0 Å². The van der Waals surface area contributed by atoms with Crippen LogP contribution in [0.1, 0.15) is 24.2 Å². The molecule has 0 bridgehead atoms. The summed E-state index contributed by atoms with van der Waals surface area (Å²) in [7, 11) is 0. The first-order valence-electron chi connectivity index (χ1n) is 6.33. The molecule has 3 heteroatoms. The van der Waals surface area contributed by atoms with Crippen molar-refractivity contribution in [2.45, 2.75) is 19.4 Å². The molecule has 0 aliphatic carbocycles. The minimum Gasteiger partial charge on any atom is -0.372 e. The van der Waals surface area contributed by atoms with Gasteiger partial charge in [-0.05, 0) is 24.1 Å². The maximum atomic E-state index is 5.90. The molecule has 94 valence electrons. The summed E-state index contributed by atoms with van der Waals surface area (Å²) < 4.78 is 5.90. The number of rotatable bonds is 5. The number of hydrogen-bond donors (Lipinski definition) is 0. The van der Waals surface area contributed by atoms with E-state index >= 15 is 0 Å². The fraction of sp³-hybridized carbons (Fsp3) is 0.571. The Bertz CT molecular complexity index is 356. The topological polar surface area (TPSA) is 12.5 Å². The van der Waals surface area contributed by atoms with Gasteiger partial charge in [-0.3, -0.25) is 4.90 Å². The fourth-order valence-corrected chi connectivity index (χ4v) is 2.60. The van der Waals surface area contributed by atoms with Crippen molar-refractivity contribution in [3.63, 3.8) is 0 Å². The second kappa shape index (κ2) is 6.39. The molecule has 1 aromatic carbocycles. The smallest absolute Gasteiger partial charge is 0.0954 e. The van der Waals surface area contributed by atoms with Gasteiger partial charge in [0.25, 0.3) is 0 Å². The van der Waals surface area contributed by atoms with E-state index in [0.29, 0.717) is 5.88 Å². The summed E-state index contributed by atoms with van der Waals surface area (Å²) in [5, 5.41) is 0. The summed E-state index contributed by atoms with van der Waals surface area (Å²) in [6.45, 7) is 5.90. The third kappa shape index (κ3) is 3.21. The molecule has 0 spiro atoms. The average Bonchev–Trinajstić information content (AvgIpc) is 2.38. The highest BCUT2D eigenvalue weighted by molar-refractivity contribution is 6.18. The van der Waals surface area contributed by atoms with E-state index in [9.17, 15) is 0 Å². The number of likely N-dealkylation sites (N-methyl/N-ethyl adjacent to an activating group) is 1. The second-order valence-electron chi connectivity index (χ2n) is 4.39. The van der Waals surface area contributed by atoms with Gasteiger partial charge in [0.05, 0.1) is 12.7 Å². The number of halogens is 1. The van der Waals surface area contributed by atoms with Gasteiger partial charge in [0.15, 0.2) is 0 Å². The molecule has 0 saturated heterocycles. The molecule has 1 aliphatic heterocycles. The highest BCUT2D eigenvalue weighted by Crippen LogP contribution is 2.27. The Labute approximate surface area is 109 Å². The van der Waals surface area contributed by atoms with Gasteiger partial charge in [-0.25, -0.2) is 0 Å². The van der Waals surface area contributed by atoms with E-state index < -0.39 is 0 Å². The fourth-order valence-electron chi connectivity index (χ4n) is 2.36. The maximum Gasteiger partial charge on any atom is 0.0954 e. The molecule has 17 heavy (non-hydrogen) atoms. The predicted molar refractivity (Wildman–Crippen MR) is 71.7 cm³/mol. The van der Waals surface area contributed by atoms with Crippen LogP contribution < -0.4 is 0 Å². The van der Waals surface area contributed by atoms with Gasteiger partial charge in [0.1, 0.15) is 0 Å². The number of benzene rings is 1. The lowest BCUT2D eigenvalue weighted by atomic mass is 9.97. The molecule has 0 amide bonds. The van der Waals surface area contributed by atoms with Gasteiger partial charge < -0.3 is 4.74 Å². The van der Waals surface area contributed by atoms with Crippen LogP contribution in [0.4, 0.5) is 0 Å². The van der Waals surface area contributed by atoms with Gasteiger partial charge >= 0.3 is 0 Å². The van der Waals surface area contributed by atoms with Crippen LogP contribution >= 0.6 is 11.6 Å². The van der Waals surface area contributed by atoms with E-state index in [0.717, 1.165) is 32.7 Å². The molecule has 0 fully saturated rings. The molecule has 0 aromatic heterocycles. The second-order valence-corrected chi connectivity index (χ2v) is 4.77. The van der Waals surface area contributed by atoms with Crippen molar-refractivity contribution in [2.75, 3.05) is 32.1 Å². The van der Waals surface area contributed by atoms with Crippen LogP contribution in [-0.4, -0.2) is 37.0 Å². The van der Waals surface area contributed by atoms with Crippen molar-refractivity contribution < 1.29 is 4.74 Å². The Morgan fingerprint density at radius 3 is 3.00 bits per heavy atom. The van der Waals surface area contributed by atoms with Gasteiger partial charge in [-0.15, -0.1) is 11.6 Å². The molecule has 0 radical (unpaired) electrons. The third-order valence-electron chi connectivity index (χ3n) is 3.36. The molecule has 1 aromatic rings. The largest absolute Gasteiger partial charge is 0.372 e. The molecule has 0 saturated carbocycles. The Hall–Kier alpha value is -0.570. The van der Waals surface area contributed by atoms with Crippen LogP contribution in [-0.2, 0) is 11.2 Å². The Morgan fingerprint density at radius 1 is 1.41 bits per heavy atom. The van der Waals surface area contributed by atoms with E-state index in [1.807, 2.05) is 0 Å². The van der Waals surface area contributed by atoms with Crippen LogP contribution in [0.3, 0.4) is 0 Å². The third-order valence-corrected chi connectivity index (χ3v) is 3.53. The zero-order valence-corrected chi connectivity index (χ0v) is 11.1. The lowest BCUT2D eigenvalue weighted by Gasteiger charge is -2.30. The first-order chi connectivity index (χ1) is 8.35. The molecule has 1 atom stereocenters. The molecular weight excluding hydrogens is 234 g/mol. The normalized spacial score (nSPS) is 19.4. The number of ether oxygens (including phenoxy) is 1. The van der Waals surface area contributed by atoms with E-state index in [2.05, 4.69) is 36.1 Å². The summed E-state index contributed by atoms with van der Waals surface area (Å²) in [6, 6.07) is 8.60. The van der Waals surface area contributed by atoms with Crippen molar-refractivity contribution in [3.05, 3.63) is 35.4 Å². The van der Waals surface area contributed by atoms with Crippen LogP contribution in [0, 0.1) is 0 Å². The van der Waals surface area contributed by atoms with E-state index in [4.69, 9.17) is 16.3 Å². The molecule has 1 heterocycles. The minimum atomic E-state index is 0.211. The van der Waals surface area contributed by atoms with Gasteiger partial charge in [0.2, 0.25) is 0 Å². The molecule has 2 rings (SSSR count). The number of alkyl halides is 1. The predicted octanol–water partition coefficient (Wildman–Crippen LogP) is 2.86. The van der Waals surface area contributed by atoms with Crippen molar-refractivity contribution in [2.24, 2.45) is 0 Å². The summed E-state index contributed by atoms with van der Waals surface area (Å²) in [4.78, 5) is 2.35. The summed E-state index contributed by atoms with van der Waals surface area (Å²) >= 11 is 5.81. The first kappa shape index (κ1) is 12.9. The van der Waals surface area contributed by atoms with Gasteiger partial charge in [-0.1, -0.05) is 31.2 Å². The highest BCUT2D eigenvalue weighted by atomic mass is 35.5. The lowest BCUT2D eigenvalue weighted by Crippen LogP contribution is -2.33. The summed E-state index contributed by atoms with van der Waals surface area (Å²) in [5.41, 5.74) is 2.79. The Balaban J connectivity index is 2.07. The van der Waals surface area contributed by atoms with E-state index in [1.54, 1.807) is 0 Å². The number of fused-ring (bicyclic) bond motifs is 1. The first-order valence-corrected chi connectivity index (χ1v) is 6.86. The molecular formula is C14H20ClNO. The summed E-state index contributed by atoms with van der Waals surface area (Å²) in [5.74, 6) is 0.683. The van der Waals surface area contributed by atoms with E-state index in [-0.39, 0.29) is 6.10 Å². The quantitative estimate of drug-likeness (QED) is 0.749. The minimum absolute atomic E-state index is 0.211. The lowest BCUT2D eigenvalue weighted by molar-refractivity contribution is 0.0181. The van der Waals surface area contributed by atoms with E-state index in [1.165, 1.54) is 11.1 Å². The van der Waals surface area contributed by atoms with Crippen molar-refractivity contribution in [3.8, 4) is 0 Å². The average molecular weight is 254 g/mol. The van der Waals surface area contributed by atoms with Crippen molar-refractivity contribution in [1.82, 2.24) is 4.90 Å². The molecule has 2 nitrogen and oxygen atoms in total. The highest BCUT2D eigenvalue weighted by Gasteiger charge is 2.22. The zero-order valence-electron chi connectivity index (χ0n) is 10.4. The van der Waals surface area contributed by atoms with Gasteiger partial charge in [0, 0.05) is 19.0 Å². The Kier molecular flexibility index (Phi) is 4.84. The number of nitrogens with zero attached hydrogens (tertiary/aromatic N) is 1. The molecule has 1 unspecified atom stereocenters. The van der Waals surface area contributed by atoms with Gasteiger partial charge in [-0.2, -0.15) is 0 Å². The van der Waals surface area contributed by atoms with Crippen molar-refractivity contribution >= 4 is 11.6 Å². The Morgan fingerprint density at radius 2 is 2.24 bits per heavy atom. The number of hydrogen-bond acceptors (Lipinski definition) is 2. The van der Waals surface area contributed by atoms with Crippen LogP contribution in [0.15, 0.2) is 24.3 Å². The summed E-state index contributed by atoms with van der Waals surface area (Å²) in [6.07, 6.45) is 1.25. The zero-order chi connectivity index (χ0) is 12.1. The van der Waals surface area contributed by atoms with Crippen LogP contribution in [0.5, 0.6) is 0 Å². The SMILES string of the molecule is CCN(CCCl)CC1OCCc2ccccc21. The molecule has 1 aliphatic rings. The monoisotopic (exact) mass is 253 g/mol. The molecule has 0 N–H and O–H groups in total. The van der Waals surface area contributed by atoms with Crippen molar-refractivity contribution in [1.29, 1.82) is 0 Å². The van der Waals surface area contributed by atoms with Crippen LogP contribution in [0.2, 0.25) is 0 Å².